The molecule has 29 heavy (non-hydrogen) atoms. The van der Waals surface area contributed by atoms with Crippen LogP contribution in [0.2, 0.25) is 5.02 Å². The highest BCUT2D eigenvalue weighted by atomic mass is 35.5. The van der Waals surface area contributed by atoms with Crippen molar-refractivity contribution in [3.8, 4) is 0 Å². The maximum Gasteiger partial charge on any atom is 0.257 e. The van der Waals surface area contributed by atoms with Gasteiger partial charge in [-0.25, -0.2) is 0 Å². The first-order valence-corrected chi connectivity index (χ1v) is 10.1. The molecule has 3 rings (SSSR count). The molecule has 1 saturated heterocycles. The first kappa shape index (κ1) is 20.9. The van der Waals surface area contributed by atoms with Gasteiger partial charge in [-0.3, -0.25) is 14.4 Å². The van der Waals surface area contributed by atoms with Gasteiger partial charge >= 0.3 is 0 Å². The summed E-state index contributed by atoms with van der Waals surface area (Å²) in [5.41, 5.74) is 1.42. The summed E-state index contributed by atoms with van der Waals surface area (Å²) in [6.07, 6.45) is 2.34. The molecule has 0 radical (unpaired) electrons. The quantitative estimate of drug-likeness (QED) is 0.757. The highest BCUT2D eigenvalue weighted by molar-refractivity contribution is 6.34. The fraction of sp³-hybridized carbons (Fsp3) is 0.318. The van der Waals surface area contributed by atoms with Crippen LogP contribution in [-0.4, -0.2) is 41.8 Å². The predicted octanol–water partition coefficient (Wildman–Crippen LogP) is 3.72. The smallest absolute Gasteiger partial charge is 0.257 e. The number of halogens is 1. The van der Waals surface area contributed by atoms with E-state index >= 15 is 0 Å². The van der Waals surface area contributed by atoms with E-state index in [1.165, 1.54) is 0 Å². The van der Waals surface area contributed by atoms with E-state index in [0.717, 1.165) is 12.8 Å². The van der Waals surface area contributed by atoms with Gasteiger partial charge < -0.3 is 15.5 Å². The topological polar surface area (TPSA) is 78.5 Å². The van der Waals surface area contributed by atoms with E-state index in [2.05, 4.69) is 10.6 Å². The second kappa shape index (κ2) is 9.56. The van der Waals surface area contributed by atoms with Gasteiger partial charge in [0.15, 0.2) is 0 Å². The first-order chi connectivity index (χ1) is 14.0. The number of carbonyl (C=O) groups excluding carboxylic acids is 3. The normalized spacial score (nSPS) is 15.8. The summed E-state index contributed by atoms with van der Waals surface area (Å²) in [4.78, 5) is 39.2. The van der Waals surface area contributed by atoms with Crippen LogP contribution in [0.25, 0.3) is 0 Å². The minimum absolute atomic E-state index is 0.0960. The van der Waals surface area contributed by atoms with Crippen molar-refractivity contribution in [3.63, 3.8) is 0 Å². The Morgan fingerprint density at radius 2 is 1.83 bits per heavy atom. The summed E-state index contributed by atoms with van der Waals surface area (Å²) in [7, 11) is 0. The van der Waals surface area contributed by atoms with Crippen molar-refractivity contribution in [1.29, 1.82) is 0 Å². The van der Waals surface area contributed by atoms with Crippen LogP contribution in [0.1, 0.15) is 46.9 Å². The molecule has 0 unspecified atom stereocenters. The summed E-state index contributed by atoms with van der Waals surface area (Å²) >= 11 is 6.05. The van der Waals surface area contributed by atoms with Crippen LogP contribution in [0.15, 0.2) is 48.5 Å². The second-order valence-corrected chi connectivity index (χ2v) is 7.37. The molecule has 0 saturated carbocycles. The summed E-state index contributed by atoms with van der Waals surface area (Å²) in [5.74, 6) is -0.591. The maximum atomic E-state index is 12.9. The van der Waals surface area contributed by atoms with E-state index in [1.807, 2.05) is 6.92 Å². The summed E-state index contributed by atoms with van der Waals surface area (Å²) < 4.78 is 0. The number of anilines is 1. The zero-order valence-electron chi connectivity index (χ0n) is 16.3. The molecule has 7 heteroatoms. The van der Waals surface area contributed by atoms with Crippen LogP contribution in [0.5, 0.6) is 0 Å². The van der Waals surface area contributed by atoms with Crippen molar-refractivity contribution in [1.82, 2.24) is 10.2 Å². The Morgan fingerprint density at radius 1 is 1.10 bits per heavy atom. The van der Waals surface area contributed by atoms with Crippen LogP contribution in [0, 0.1) is 0 Å². The van der Waals surface area contributed by atoms with Gasteiger partial charge in [-0.1, -0.05) is 30.7 Å². The number of benzene rings is 2. The van der Waals surface area contributed by atoms with Crippen molar-refractivity contribution in [3.05, 3.63) is 64.7 Å². The largest absolute Gasteiger partial charge is 0.354 e. The van der Waals surface area contributed by atoms with Gasteiger partial charge in [0.1, 0.15) is 6.04 Å². The van der Waals surface area contributed by atoms with E-state index < -0.39 is 6.04 Å². The fourth-order valence-corrected chi connectivity index (χ4v) is 3.58. The number of hydrogen-bond acceptors (Lipinski definition) is 3. The zero-order chi connectivity index (χ0) is 20.8. The number of hydrogen-bond donors (Lipinski definition) is 2. The van der Waals surface area contributed by atoms with Crippen LogP contribution >= 0.6 is 11.6 Å². The predicted molar refractivity (Wildman–Crippen MR) is 113 cm³/mol. The van der Waals surface area contributed by atoms with Crippen LogP contribution in [0.4, 0.5) is 5.69 Å². The lowest BCUT2D eigenvalue weighted by Crippen LogP contribution is -2.46. The van der Waals surface area contributed by atoms with Gasteiger partial charge in [0.05, 0.1) is 10.6 Å². The fourth-order valence-electron chi connectivity index (χ4n) is 3.35. The van der Waals surface area contributed by atoms with Gasteiger partial charge in [-0.15, -0.1) is 0 Å². The van der Waals surface area contributed by atoms with Gasteiger partial charge in [0, 0.05) is 24.3 Å². The van der Waals surface area contributed by atoms with Crippen LogP contribution in [-0.2, 0) is 4.79 Å². The van der Waals surface area contributed by atoms with E-state index in [4.69, 9.17) is 11.6 Å². The summed E-state index contributed by atoms with van der Waals surface area (Å²) in [6.45, 7) is 3.16. The number of rotatable bonds is 6. The van der Waals surface area contributed by atoms with Crippen LogP contribution in [0.3, 0.4) is 0 Å². The average Bonchev–Trinajstić information content (AvgIpc) is 3.22. The molecule has 2 N–H and O–H groups in total. The Hall–Kier alpha value is -2.86. The average molecular weight is 414 g/mol. The monoisotopic (exact) mass is 413 g/mol. The zero-order valence-corrected chi connectivity index (χ0v) is 17.0. The minimum atomic E-state index is -0.423. The molecule has 152 valence electrons. The molecule has 1 aliphatic rings. The van der Waals surface area contributed by atoms with Crippen molar-refractivity contribution in [2.75, 3.05) is 18.4 Å². The van der Waals surface area contributed by atoms with Crippen LogP contribution < -0.4 is 10.6 Å². The molecular weight excluding hydrogens is 390 g/mol. The minimum Gasteiger partial charge on any atom is -0.354 e. The molecule has 1 atom stereocenters. The third-order valence-corrected chi connectivity index (χ3v) is 5.20. The second-order valence-electron chi connectivity index (χ2n) is 6.96. The standard InChI is InChI=1S/C22H24ClN3O3/c1-2-13-24-21(28)19-8-5-14-26(19)22(29)15-9-11-16(12-10-15)25-20(27)17-6-3-4-7-18(17)23/h3-4,6-7,9-12,19H,2,5,8,13-14H2,1H3,(H,24,28)(H,25,27)/t19-/m1/s1. The SMILES string of the molecule is CCCNC(=O)[C@H]1CCCN1C(=O)c1ccc(NC(=O)c2ccccc2Cl)cc1. The summed E-state index contributed by atoms with van der Waals surface area (Å²) in [6, 6.07) is 13.0. The Labute approximate surface area is 175 Å². The number of carbonyl (C=O) groups is 3. The molecule has 2 aromatic carbocycles. The highest BCUT2D eigenvalue weighted by Gasteiger charge is 2.34. The van der Waals surface area contributed by atoms with Gasteiger partial charge in [0.25, 0.3) is 11.8 Å². The lowest BCUT2D eigenvalue weighted by atomic mass is 10.1. The molecule has 0 aromatic heterocycles. The molecule has 0 spiro atoms. The van der Waals surface area contributed by atoms with Crippen molar-refractivity contribution >= 4 is 35.0 Å². The van der Waals surface area contributed by atoms with E-state index in [-0.39, 0.29) is 17.7 Å². The van der Waals surface area contributed by atoms with Gasteiger partial charge in [-0.05, 0) is 55.7 Å². The Kier molecular flexibility index (Phi) is 6.88. The number of likely N-dealkylation sites (tertiary alicyclic amines) is 1. The summed E-state index contributed by atoms with van der Waals surface area (Å²) in [5, 5.41) is 6.02. The highest BCUT2D eigenvalue weighted by Crippen LogP contribution is 2.22. The van der Waals surface area contributed by atoms with Crippen molar-refractivity contribution < 1.29 is 14.4 Å². The van der Waals surface area contributed by atoms with Crippen molar-refractivity contribution in [2.45, 2.75) is 32.2 Å². The van der Waals surface area contributed by atoms with E-state index in [1.54, 1.807) is 53.4 Å². The Morgan fingerprint density at radius 3 is 2.52 bits per heavy atom. The number of amides is 3. The van der Waals surface area contributed by atoms with E-state index in [0.29, 0.717) is 41.3 Å². The van der Waals surface area contributed by atoms with Gasteiger partial charge in [0.2, 0.25) is 5.91 Å². The van der Waals surface area contributed by atoms with Crippen molar-refractivity contribution in [2.24, 2.45) is 0 Å². The molecular formula is C22H24ClN3O3. The Bertz CT molecular complexity index is 898. The molecule has 1 aliphatic heterocycles. The molecule has 1 fully saturated rings. The molecule has 0 bridgehead atoms. The van der Waals surface area contributed by atoms with Gasteiger partial charge in [-0.2, -0.15) is 0 Å². The lowest BCUT2D eigenvalue weighted by molar-refractivity contribution is -0.124. The third-order valence-electron chi connectivity index (χ3n) is 4.87. The third kappa shape index (κ3) is 4.95. The molecule has 3 amide bonds. The number of nitrogens with zero attached hydrogens (tertiary/aromatic N) is 1. The molecule has 6 nitrogen and oxygen atoms in total. The molecule has 0 aliphatic carbocycles. The molecule has 1 heterocycles. The maximum absolute atomic E-state index is 12.9. The Balaban J connectivity index is 1.66. The lowest BCUT2D eigenvalue weighted by Gasteiger charge is -2.24. The van der Waals surface area contributed by atoms with E-state index in [9.17, 15) is 14.4 Å². The molecule has 2 aromatic rings. The first-order valence-electron chi connectivity index (χ1n) is 9.76. The number of nitrogens with one attached hydrogen (secondary N) is 2.